The summed E-state index contributed by atoms with van der Waals surface area (Å²) in [6, 6.07) is 9.82. The number of aryl methyl sites for hydroxylation is 2. The second-order valence-corrected chi connectivity index (χ2v) is 4.33. The molecular weight excluding hydrogens is 244 g/mol. The van der Waals surface area contributed by atoms with E-state index < -0.39 is 4.92 Å². The normalized spacial score (nSPS) is 10.2. The van der Waals surface area contributed by atoms with Gasteiger partial charge in [-0.25, -0.2) is 0 Å². The lowest BCUT2D eigenvalue weighted by molar-refractivity contribution is -0.384. The van der Waals surface area contributed by atoms with Gasteiger partial charge in [0, 0.05) is 11.8 Å². The maximum atomic E-state index is 10.8. The second kappa shape index (κ2) is 4.97. The van der Waals surface area contributed by atoms with Gasteiger partial charge in [0.1, 0.15) is 11.5 Å². The van der Waals surface area contributed by atoms with Gasteiger partial charge in [-0.2, -0.15) is 0 Å². The van der Waals surface area contributed by atoms with E-state index in [1.807, 2.05) is 13.8 Å². The van der Waals surface area contributed by atoms with Crippen LogP contribution >= 0.6 is 0 Å². The van der Waals surface area contributed by atoms with Crippen LogP contribution in [0.3, 0.4) is 0 Å². The number of nitrogens with zero attached hydrogens (tertiary/aromatic N) is 1. The molecule has 5 heteroatoms. The fourth-order valence-corrected chi connectivity index (χ4v) is 1.72. The van der Waals surface area contributed by atoms with Crippen molar-refractivity contribution in [2.75, 3.05) is 5.73 Å². The van der Waals surface area contributed by atoms with E-state index in [1.54, 1.807) is 24.3 Å². The number of hydrogen-bond acceptors (Lipinski definition) is 4. The van der Waals surface area contributed by atoms with Crippen LogP contribution in [0, 0.1) is 24.0 Å². The summed E-state index contributed by atoms with van der Waals surface area (Å²) in [6.07, 6.45) is 0. The molecule has 2 N–H and O–H groups in total. The number of benzene rings is 2. The van der Waals surface area contributed by atoms with Crippen LogP contribution in [0.4, 0.5) is 11.4 Å². The summed E-state index contributed by atoms with van der Waals surface area (Å²) in [5, 5.41) is 10.8. The van der Waals surface area contributed by atoms with E-state index in [2.05, 4.69) is 0 Å². The summed E-state index contributed by atoms with van der Waals surface area (Å²) in [6.45, 7) is 3.71. The van der Waals surface area contributed by atoms with E-state index in [9.17, 15) is 10.1 Å². The first kappa shape index (κ1) is 12.9. The number of anilines is 1. The lowest BCUT2D eigenvalue weighted by atomic mass is 10.2. The molecule has 0 aliphatic carbocycles. The molecule has 0 spiro atoms. The monoisotopic (exact) mass is 258 g/mol. The molecule has 0 aliphatic heterocycles. The van der Waals surface area contributed by atoms with Gasteiger partial charge in [0.15, 0.2) is 0 Å². The van der Waals surface area contributed by atoms with Crippen LogP contribution in [0.15, 0.2) is 36.4 Å². The summed E-state index contributed by atoms with van der Waals surface area (Å²) in [7, 11) is 0. The molecule has 0 saturated heterocycles. The van der Waals surface area contributed by atoms with Crippen molar-refractivity contribution in [3.05, 3.63) is 57.6 Å². The van der Waals surface area contributed by atoms with Gasteiger partial charge in [-0.1, -0.05) is 0 Å². The Morgan fingerprint density at radius 2 is 1.79 bits per heavy atom. The molecule has 2 aromatic carbocycles. The number of nitrogen functional groups attached to an aromatic ring is 1. The molecule has 0 bridgehead atoms. The van der Waals surface area contributed by atoms with Gasteiger partial charge in [-0.3, -0.25) is 10.1 Å². The number of hydrogen-bond donors (Lipinski definition) is 1. The maximum absolute atomic E-state index is 10.8. The van der Waals surface area contributed by atoms with Crippen molar-refractivity contribution in [2.45, 2.75) is 13.8 Å². The highest BCUT2D eigenvalue weighted by Crippen LogP contribution is 2.31. The molecule has 0 aromatic heterocycles. The first-order valence-electron chi connectivity index (χ1n) is 5.76. The van der Waals surface area contributed by atoms with Crippen LogP contribution in [0.2, 0.25) is 0 Å². The van der Waals surface area contributed by atoms with Crippen LogP contribution in [0.5, 0.6) is 11.5 Å². The molecule has 0 amide bonds. The standard InChI is InChI=1S/C14H14N2O3/c1-9-3-5-12(16(17)18)8-14(9)19-13-6-4-11(15)7-10(13)2/h3-8H,15H2,1-2H3. The lowest BCUT2D eigenvalue weighted by Crippen LogP contribution is -1.94. The third kappa shape index (κ3) is 2.82. The highest BCUT2D eigenvalue weighted by molar-refractivity contribution is 5.50. The van der Waals surface area contributed by atoms with Crippen LogP contribution in [0.1, 0.15) is 11.1 Å². The van der Waals surface area contributed by atoms with Crippen molar-refractivity contribution in [1.82, 2.24) is 0 Å². The predicted molar refractivity (Wildman–Crippen MR) is 73.5 cm³/mol. The minimum atomic E-state index is -0.442. The van der Waals surface area contributed by atoms with Crippen molar-refractivity contribution in [3.63, 3.8) is 0 Å². The summed E-state index contributed by atoms with van der Waals surface area (Å²) in [5.41, 5.74) is 8.05. The SMILES string of the molecule is Cc1cc(N)ccc1Oc1cc([N+](=O)[O-])ccc1C. The number of ether oxygens (including phenoxy) is 1. The van der Waals surface area contributed by atoms with E-state index in [0.29, 0.717) is 17.2 Å². The zero-order valence-electron chi connectivity index (χ0n) is 10.7. The van der Waals surface area contributed by atoms with Gasteiger partial charge in [0.2, 0.25) is 0 Å². The van der Waals surface area contributed by atoms with E-state index in [0.717, 1.165) is 11.1 Å². The fourth-order valence-electron chi connectivity index (χ4n) is 1.72. The first-order valence-corrected chi connectivity index (χ1v) is 5.76. The largest absolute Gasteiger partial charge is 0.457 e. The van der Waals surface area contributed by atoms with Gasteiger partial charge < -0.3 is 10.5 Å². The van der Waals surface area contributed by atoms with E-state index in [-0.39, 0.29) is 5.69 Å². The number of nitro benzene ring substituents is 1. The molecule has 0 saturated carbocycles. The quantitative estimate of drug-likeness (QED) is 0.518. The Bertz CT molecular complexity index is 639. The van der Waals surface area contributed by atoms with Crippen molar-refractivity contribution in [3.8, 4) is 11.5 Å². The molecule has 2 aromatic rings. The Kier molecular flexibility index (Phi) is 3.37. The van der Waals surface area contributed by atoms with E-state index in [4.69, 9.17) is 10.5 Å². The average Bonchev–Trinajstić information content (AvgIpc) is 2.34. The van der Waals surface area contributed by atoms with Gasteiger partial charge in [0.05, 0.1) is 11.0 Å². The van der Waals surface area contributed by atoms with Crippen molar-refractivity contribution in [1.29, 1.82) is 0 Å². The molecule has 98 valence electrons. The molecule has 0 unspecified atom stereocenters. The predicted octanol–water partition coefficient (Wildman–Crippen LogP) is 3.59. The number of non-ortho nitro benzene ring substituents is 1. The highest BCUT2D eigenvalue weighted by Gasteiger charge is 2.11. The van der Waals surface area contributed by atoms with Gasteiger partial charge in [-0.15, -0.1) is 0 Å². The topological polar surface area (TPSA) is 78.4 Å². The maximum Gasteiger partial charge on any atom is 0.273 e. The summed E-state index contributed by atoms with van der Waals surface area (Å²) < 4.78 is 5.73. The van der Waals surface area contributed by atoms with Gasteiger partial charge in [-0.05, 0) is 49.2 Å². The molecule has 19 heavy (non-hydrogen) atoms. The zero-order chi connectivity index (χ0) is 14.0. The molecule has 0 aliphatic rings. The summed E-state index contributed by atoms with van der Waals surface area (Å²) in [4.78, 5) is 10.3. The van der Waals surface area contributed by atoms with Crippen LogP contribution in [0.25, 0.3) is 0 Å². The lowest BCUT2D eigenvalue weighted by Gasteiger charge is -2.11. The Morgan fingerprint density at radius 1 is 1.05 bits per heavy atom. The Morgan fingerprint density at radius 3 is 2.42 bits per heavy atom. The second-order valence-electron chi connectivity index (χ2n) is 4.33. The third-order valence-corrected chi connectivity index (χ3v) is 2.80. The van der Waals surface area contributed by atoms with Crippen LogP contribution < -0.4 is 10.5 Å². The van der Waals surface area contributed by atoms with Gasteiger partial charge >= 0.3 is 0 Å². The van der Waals surface area contributed by atoms with Crippen molar-refractivity contribution in [2.24, 2.45) is 0 Å². The Labute approximate surface area is 110 Å². The highest BCUT2D eigenvalue weighted by atomic mass is 16.6. The fraction of sp³-hybridized carbons (Fsp3) is 0.143. The third-order valence-electron chi connectivity index (χ3n) is 2.80. The molecular formula is C14H14N2O3. The zero-order valence-corrected chi connectivity index (χ0v) is 10.7. The van der Waals surface area contributed by atoms with Crippen LogP contribution in [-0.4, -0.2) is 4.92 Å². The summed E-state index contributed by atoms with van der Waals surface area (Å²) >= 11 is 0. The number of nitrogens with two attached hydrogens (primary N) is 1. The molecule has 2 rings (SSSR count). The number of nitro groups is 1. The summed E-state index contributed by atoms with van der Waals surface area (Å²) in [5.74, 6) is 1.11. The number of rotatable bonds is 3. The first-order chi connectivity index (χ1) is 8.97. The molecule has 0 atom stereocenters. The van der Waals surface area contributed by atoms with Crippen molar-refractivity contribution >= 4 is 11.4 Å². The Hall–Kier alpha value is -2.56. The Balaban J connectivity index is 2.37. The van der Waals surface area contributed by atoms with E-state index in [1.165, 1.54) is 12.1 Å². The minimum absolute atomic E-state index is 0.00805. The molecule has 0 radical (unpaired) electrons. The molecule has 0 fully saturated rings. The van der Waals surface area contributed by atoms with Crippen LogP contribution in [-0.2, 0) is 0 Å². The smallest absolute Gasteiger partial charge is 0.273 e. The molecule has 5 nitrogen and oxygen atoms in total. The van der Waals surface area contributed by atoms with Crippen molar-refractivity contribution < 1.29 is 9.66 Å². The van der Waals surface area contributed by atoms with Gasteiger partial charge in [0.25, 0.3) is 5.69 Å². The minimum Gasteiger partial charge on any atom is -0.457 e. The van der Waals surface area contributed by atoms with E-state index >= 15 is 0 Å². The average molecular weight is 258 g/mol. The molecule has 0 heterocycles.